The van der Waals surface area contributed by atoms with Crippen molar-refractivity contribution in [3.63, 3.8) is 0 Å². The third kappa shape index (κ3) is 0.924. The van der Waals surface area contributed by atoms with Crippen LogP contribution in [-0.2, 0) is 0 Å². The van der Waals surface area contributed by atoms with Crippen LogP contribution < -0.4 is 0 Å². The molecule has 1 saturated heterocycles. The van der Waals surface area contributed by atoms with Crippen molar-refractivity contribution >= 4 is 0 Å². The molecule has 2 rings (SSSR count). The summed E-state index contributed by atoms with van der Waals surface area (Å²) >= 11 is 0. The van der Waals surface area contributed by atoms with Gasteiger partial charge >= 0.3 is 0 Å². The highest BCUT2D eigenvalue weighted by Crippen LogP contribution is 2.38. The first-order valence-corrected chi connectivity index (χ1v) is 4.34. The topological polar surface area (TPSA) is 3.24 Å². The first kappa shape index (κ1) is 7.29. The smallest absolute Gasteiger partial charge is 0.115 e. The molecule has 0 unspecified atom stereocenters. The first-order valence-electron chi connectivity index (χ1n) is 4.34. The number of alkyl halides is 1. The Morgan fingerprint density at radius 3 is 3.18 bits per heavy atom. The molecule has 0 radical (unpaired) electrons. The number of hydrogen-bond donors (Lipinski definition) is 0. The Kier molecular flexibility index (Phi) is 1.53. The monoisotopic (exact) mass is 155 g/mol. The highest BCUT2D eigenvalue weighted by molar-refractivity contribution is 5.18. The second-order valence-corrected chi connectivity index (χ2v) is 3.57. The van der Waals surface area contributed by atoms with Gasteiger partial charge in [0.05, 0.1) is 0 Å². The number of nitrogens with zero attached hydrogens (tertiary/aromatic N) is 1. The molecule has 0 aromatic carbocycles. The van der Waals surface area contributed by atoms with E-state index >= 15 is 0 Å². The molecule has 2 aliphatic heterocycles. The minimum absolute atomic E-state index is 0.0966. The lowest BCUT2D eigenvalue weighted by molar-refractivity contribution is 0.218. The van der Waals surface area contributed by atoms with Gasteiger partial charge in [0, 0.05) is 25.0 Å². The van der Waals surface area contributed by atoms with Gasteiger partial charge in [-0.3, -0.25) is 4.90 Å². The van der Waals surface area contributed by atoms with Gasteiger partial charge in [-0.25, -0.2) is 4.39 Å². The van der Waals surface area contributed by atoms with Crippen LogP contribution in [0.4, 0.5) is 4.39 Å². The molecule has 0 N–H and O–H groups in total. The van der Waals surface area contributed by atoms with Crippen LogP contribution in [0.1, 0.15) is 19.8 Å². The van der Waals surface area contributed by atoms with E-state index in [-0.39, 0.29) is 5.54 Å². The van der Waals surface area contributed by atoms with Crippen molar-refractivity contribution in [1.82, 2.24) is 4.90 Å². The molecule has 62 valence electrons. The molecule has 0 aliphatic carbocycles. The zero-order chi connectivity index (χ0) is 7.90. The van der Waals surface area contributed by atoms with E-state index < -0.39 is 6.17 Å². The summed E-state index contributed by atoms with van der Waals surface area (Å²) in [5, 5.41) is 0. The summed E-state index contributed by atoms with van der Waals surface area (Å²) in [7, 11) is 0. The molecule has 2 heterocycles. The van der Waals surface area contributed by atoms with Gasteiger partial charge in [-0.1, -0.05) is 19.1 Å². The van der Waals surface area contributed by atoms with Gasteiger partial charge in [-0.05, 0) is 6.42 Å². The zero-order valence-corrected chi connectivity index (χ0v) is 6.89. The molecular formula is C9H14FN. The molecule has 0 bridgehead atoms. The molecule has 11 heavy (non-hydrogen) atoms. The summed E-state index contributed by atoms with van der Waals surface area (Å²) in [5.41, 5.74) is 0.0966. The maximum Gasteiger partial charge on any atom is 0.115 e. The molecule has 0 amide bonds. The second-order valence-electron chi connectivity index (χ2n) is 3.57. The summed E-state index contributed by atoms with van der Waals surface area (Å²) in [4.78, 5) is 2.25. The Hall–Kier alpha value is -0.370. The fourth-order valence-corrected chi connectivity index (χ4v) is 2.31. The highest BCUT2D eigenvalue weighted by atomic mass is 19.1. The predicted molar refractivity (Wildman–Crippen MR) is 43.2 cm³/mol. The minimum Gasteiger partial charge on any atom is -0.288 e. The van der Waals surface area contributed by atoms with Gasteiger partial charge in [0.1, 0.15) is 6.17 Å². The van der Waals surface area contributed by atoms with Crippen molar-refractivity contribution in [1.29, 1.82) is 0 Å². The maximum absolute atomic E-state index is 13.0. The lowest BCUT2D eigenvalue weighted by Gasteiger charge is -2.29. The van der Waals surface area contributed by atoms with E-state index in [1.54, 1.807) is 0 Å². The van der Waals surface area contributed by atoms with Crippen LogP contribution in [0.3, 0.4) is 0 Å². The van der Waals surface area contributed by atoms with E-state index in [0.717, 1.165) is 13.0 Å². The van der Waals surface area contributed by atoms with Gasteiger partial charge in [0.25, 0.3) is 0 Å². The quantitative estimate of drug-likeness (QED) is 0.521. The largest absolute Gasteiger partial charge is 0.288 e. The second kappa shape index (κ2) is 2.31. The fraction of sp³-hybridized carbons (Fsp3) is 0.778. The lowest BCUT2D eigenvalue weighted by atomic mass is 9.94. The zero-order valence-electron chi connectivity index (χ0n) is 6.89. The molecule has 2 atom stereocenters. The van der Waals surface area contributed by atoms with Gasteiger partial charge in [0.15, 0.2) is 0 Å². The van der Waals surface area contributed by atoms with Crippen molar-refractivity contribution in [2.45, 2.75) is 31.5 Å². The Morgan fingerprint density at radius 2 is 2.55 bits per heavy atom. The van der Waals surface area contributed by atoms with Crippen LogP contribution in [0.5, 0.6) is 0 Å². The van der Waals surface area contributed by atoms with Crippen LogP contribution in [0, 0.1) is 0 Å². The molecule has 1 nitrogen and oxygen atoms in total. The van der Waals surface area contributed by atoms with Crippen molar-refractivity contribution < 1.29 is 4.39 Å². The lowest BCUT2D eigenvalue weighted by Crippen LogP contribution is -2.37. The van der Waals surface area contributed by atoms with E-state index in [4.69, 9.17) is 0 Å². The van der Waals surface area contributed by atoms with Crippen molar-refractivity contribution in [2.75, 3.05) is 13.1 Å². The third-order valence-electron chi connectivity index (χ3n) is 2.99. The molecule has 0 spiro atoms. The Bertz CT molecular complexity index is 190. The average molecular weight is 155 g/mol. The van der Waals surface area contributed by atoms with Crippen molar-refractivity contribution in [3.8, 4) is 0 Å². The highest BCUT2D eigenvalue weighted by Gasteiger charge is 2.44. The van der Waals surface area contributed by atoms with E-state index in [0.29, 0.717) is 13.0 Å². The van der Waals surface area contributed by atoms with E-state index in [2.05, 4.69) is 24.0 Å². The Labute approximate surface area is 66.9 Å². The van der Waals surface area contributed by atoms with E-state index in [1.807, 2.05) is 0 Å². The molecule has 0 aromatic heterocycles. The summed E-state index contributed by atoms with van der Waals surface area (Å²) in [5.74, 6) is 0. The number of hydrogen-bond acceptors (Lipinski definition) is 1. The first-order chi connectivity index (χ1) is 5.27. The number of rotatable bonds is 1. The van der Waals surface area contributed by atoms with E-state index in [1.165, 1.54) is 0 Å². The van der Waals surface area contributed by atoms with Crippen LogP contribution in [0.15, 0.2) is 12.2 Å². The maximum atomic E-state index is 13.0. The summed E-state index contributed by atoms with van der Waals surface area (Å²) < 4.78 is 13.0. The van der Waals surface area contributed by atoms with Crippen molar-refractivity contribution in [2.24, 2.45) is 0 Å². The summed E-state index contributed by atoms with van der Waals surface area (Å²) in [6.07, 6.45) is 5.51. The van der Waals surface area contributed by atoms with Gasteiger partial charge in [0.2, 0.25) is 0 Å². The SMILES string of the molecule is CC[C@@]12C=CCN1C[C@H](F)C2. The Balaban J connectivity index is 2.21. The molecule has 2 aliphatic rings. The normalized spacial score (nSPS) is 43.3. The molecule has 2 heteroatoms. The fourth-order valence-electron chi connectivity index (χ4n) is 2.31. The molecule has 0 saturated carbocycles. The van der Waals surface area contributed by atoms with Crippen LogP contribution in [0.25, 0.3) is 0 Å². The Morgan fingerprint density at radius 1 is 1.73 bits per heavy atom. The minimum atomic E-state index is -0.597. The van der Waals surface area contributed by atoms with Gasteiger partial charge < -0.3 is 0 Å². The average Bonchev–Trinajstić information content (AvgIpc) is 2.43. The van der Waals surface area contributed by atoms with E-state index in [9.17, 15) is 4.39 Å². The summed E-state index contributed by atoms with van der Waals surface area (Å²) in [6, 6.07) is 0. The molecule has 0 aromatic rings. The molecular weight excluding hydrogens is 141 g/mol. The van der Waals surface area contributed by atoms with Crippen molar-refractivity contribution in [3.05, 3.63) is 12.2 Å². The molecule has 1 fully saturated rings. The van der Waals surface area contributed by atoms with Gasteiger partial charge in [-0.15, -0.1) is 0 Å². The van der Waals surface area contributed by atoms with Crippen LogP contribution in [0.2, 0.25) is 0 Å². The predicted octanol–water partition coefficient (Wildman–Crippen LogP) is 1.75. The van der Waals surface area contributed by atoms with Crippen LogP contribution >= 0.6 is 0 Å². The standard InChI is InChI=1S/C9H14FN/c1-2-9-4-3-5-11(9)7-8(10)6-9/h3-4,8H,2,5-7H2,1H3/t8-,9+/m1/s1. The van der Waals surface area contributed by atoms with Gasteiger partial charge in [-0.2, -0.15) is 0 Å². The third-order valence-corrected chi connectivity index (χ3v) is 2.99. The number of halogens is 1. The number of fused-ring (bicyclic) bond motifs is 1. The summed E-state index contributed by atoms with van der Waals surface area (Å²) in [6.45, 7) is 3.73. The van der Waals surface area contributed by atoms with Crippen LogP contribution in [-0.4, -0.2) is 29.7 Å².